The number of fused-ring (bicyclic) bond motifs is 1. The third-order valence-corrected chi connectivity index (χ3v) is 6.71. The lowest BCUT2D eigenvalue weighted by atomic mass is 10.0. The Balaban J connectivity index is 1.29. The first-order chi connectivity index (χ1) is 14.6. The number of benzene rings is 1. The van der Waals surface area contributed by atoms with E-state index in [9.17, 15) is 14.4 Å². The minimum absolute atomic E-state index is 0.120. The highest BCUT2D eigenvalue weighted by Crippen LogP contribution is 2.29. The van der Waals surface area contributed by atoms with E-state index in [-0.39, 0.29) is 24.1 Å². The molecule has 3 fully saturated rings. The molecular formula is C22H28N4O4. The van der Waals surface area contributed by atoms with E-state index >= 15 is 0 Å². The van der Waals surface area contributed by atoms with Gasteiger partial charge in [-0.25, -0.2) is 0 Å². The molecule has 0 saturated carbocycles. The molecule has 0 spiro atoms. The van der Waals surface area contributed by atoms with Crippen molar-refractivity contribution in [2.75, 3.05) is 26.2 Å². The van der Waals surface area contributed by atoms with Crippen LogP contribution in [0.3, 0.4) is 0 Å². The molecule has 0 aliphatic carbocycles. The molecule has 3 saturated heterocycles. The van der Waals surface area contributed by atoms with Crippen LogP contribution in [-0.4, -0.2) is 72.0 Å². The van der Waals surface area contributed by atoms with Crippen LogP contribution in [0.2, 0.25) is 0 Å². The molecule has 2 unspecified atom stereocenters. The Kier molecular flexibility index (Phi) is 5.30. The van der Waals surface area contributed by atoms with Crippen LogP contribution in [0.25, 0.3) is 0 Å². The van der Waals surface area contributed by atoms with Crippen LogP contribution >= 0.6 is 0 Å². The number of imide groups is 1. The Bertz CT molecular complexity index is 863. The average Bonchev–Trinajstić information content (AvgIpc) is 3.28. The molecule has 2 atom stereocenters. The Labute approximate surface area is 175 Å². The number of nitrogens with one attached hydrogen (secondary N) is 2. The molecule has 4 heterocycles. The monoisotopic (exact) mass is 412 g/mol. The van der Waals surface area contributed by atoms with Gasteiger partial charge in [0.2, 0.25) is 11.8 Å². The SMILES string of the molecule is O=C1CCC(N2Cc3cc(CN(CC4CCCO4)C4CNC4)ccc3C2=O)C(=O)N1. The molecule has 4 aliphatic rings. The first-order valence-corrected chi connectivity index (χ1v) is 10.9. The van der Waals surface area contributed by atoms with Crippen LogP contribution < -0.4 is 10.6 Å². The summed E-state index contributed by atoms with van der Waals surface area (Å²) in [4.78, 5) is 40.6. The summed E-state index contributed by atoms with van der Waals surface area (Å²) in [6.07, 6.45) is 3.23. The second-order valence-electron chi connectivity index (χ2n) is 8.77. The van der Waals surface area contributed by atoms with Crippen molar-refractivity contribution in [3.8, 4) is 0 Å². The number of hydrogen-bond donors (Lipinski definition) is 2. The number of amides is 3. The molecular weight excluding hydrogens is 384 g/mol. The maximum Gasteiger partial charge on any atom is 0.255 e. The van der Waals surface area contributed by atoms with Crippen LogP contribution in [-0.2, 0) is 27.4 Å². The maximum atomic E-state index is 12.9. The highest BCUT2D eigenvalue weighted by atomic mass is 16.5. The van der Waals surface area contributed by atoms with Gasteiger partial charge in [-0.05, 0) is 36.5 Å². The van der Waals surface area contributed by atoms with E-state index in [1.54, 1.807) is 4.90 Å². The van der Waals surface area contributed by atoms with Gasteiger partial charge in [0.1, 0.15) is 6.04 Å². The van der Waals surface area contributed by atoms with Crippen LogP contribution in [0, 0.1) is 0 Å². The number of piperidine rings is 1. The van der Waals surface area contributed by atoms with E-state index in [1.807, 2.05) is 12.1 Å². The highest BCUT2D eigenvalue weighted by Gasteiger charge is 2.39. The van der Waals surface area contributed by atoms with Crippen molar-refractivity contribution >= 4 is 17.7 Å². The molecule has 0 bridgehead atoms. The number of carbonyl (C=O) groups is 3. The van der Waals surface area contributed by atoms with Gasteiger partial charge < -0.3 is 15.0 Å². The standard InChI is InChI=1S/C22H28N4O4/c27-20-6-5-19(21(28)24-20)26-12-15-8-14(3-4-18(15)22(26)29)11-25(16-9-23-10-16)13-17-2-1-7-30-17/h3-4,8,16-17,19,23H,1-2,5-7,9-13H2,(H,24,27,28). The van der Waals surface area contributed by atoms with E-state index in [0.29, 0.717) is 30.7 Å². The minimum atomic E-state index is -0.567. The molecule has 30 heavy (non-hydrogen) atoms. The predicted octanol–water partition coefficient (Wildman–Crippen LogP) is 0.400. The largest absolute Gasteiger partial charge is 0.377 e. The molecule has 5 rings (SSSR count). The lowest BCUT2D eigenvalue weighted by Gasteiger charge is -2.39. The van der Waals surface area contributed by atoms with Gasteiger partial charge in [0, 0.05) is 57.4 Å². The third kappa shape index (κ3) is 3.75. The Morgan fingerprint density at radius 3 is 2.73 bits per heavy atom. The van der Waals surface area contributed by atoms with Gasteiger partial charge in [-0.15, -0.1) is 0 Å². The van der Waals surface area contributed by atoms with Gasteiger partial charge in [-0.1, -0.05) is 12.1 Å². The second kappa shape index (κ2) is 8.09. The quantitative estimate of drug-likeness (QED) is 0.658. The maximum absolute atomic E-state index is 12.9. The Hall–Kier alpha value is -2.29. The normalized spacial score (nSPS) is 26.8. The summed E-state index contributed by atoms with van der Waals surface area (Å²) in [5.41, 5.74) is 2.81. The summed E-state index contributed by atoms with van der Waals surface area (Å²) in [6, 6.07) is 5.97. The molecule has 8 heteroatoms. The van der Waals surface area contributed by atoms with Crippen molar-refractivity contribution in [1.29, 1.82) is 0 Å². The summed E-state index contributed by atoms with van der Waals surface area (Å²) in [6.45, 7) is 5.04. The lowest BCUT2D eigenvalue weighted by molar-refractivity contribution is -0.136. The number of rotatable bonds is 6. The molecule has 1 aromatic carbocycles. The zero-order chi connectivity index (χ0) is 20.7. The van der Waals surface area contributed by atoms with Crippen LogP contribution in [0.1, 0.15) is 47.2 Å². The minimum Gasteiger partial charge on any atom is -0.377 e. The van der Waals surface area contributed by atoms with Crippen molar-refractivity contribution in [2.24, 2.45) is 0 Å². The number of hydrogen-bond acceptors (Lipinski definition) is 6. The number of carbonyl (C=O) groups excluding carboxylic acids is 3. The Morgan fingerprint density at radius 1 is 1.17 bits per heavy atom. The lowest BCUT2D eigenvalue weighted by Crippen LogP contribution is -2.58. The van der Waals surface area contributed by atoms with E-state index < -0.39 is 6.04 Å². The Morgan fingerprint density at radius 2 is 2.03 bits per heavy atom. The van der Waals surface area contributed by atoms with E-state index in [4.69, 9.17) is 4.74 Å². The van der Waals surface area contributed by atoms with E-state index in [0.717, 1.165) is 51.2 Å². The summed E-state index contributed by atoms with van der Waals surface area (Å²) in [5, 5.41) is 5.71. The fourth-order valence-electron chi connectivity index (χ4n) is 4.88. The van der Waals surface area contributed by atoms with Gasteiger partial charge in [0.25, 0.3) is 5.91 Å². The first kappa shape index (κ1) is 19.7. The molecule has 8 nitrogen and oxygen atoms in total. The molecule has 2 N–H and O–H groups in total. The van der Waals surface area contributed by atoms with Gasteiger partial charge >= 0.3 is 0 Å². The van der Waals surface area contributed by atoms with Gasteiger partial charge in [-0.3, -0.25) is 24.6 Å². The molecule has 3 amide bonds. The van der Waals surface area contributed by atoms with Gasteiger partial charge in [-0.2, -0.15) is 0 Å². The third-order valence-electron chi connectivity index (χ3n) is 6.71. The average molecular weight is 412 g/mol. The van der Waals surface area contributed by atoms with Crippen LogP contribution in [0.15, 0.2) is 18.2 Å². The highest BCUT2D eigenvalue weighted by molar-refractivity contribution is 6.05. The first-order valence-electron chi connectivity index (χ1n) is 10.9. The zero-order valence-corrected chi connectivity index (χ0v) is 17.1. The van der Waals surface area contributed by atoms with E-state index in [1.165, 1.54) is 5.56 Å². The fraction of sp³-hybridized carbons (Fsp3) is 0.591. The van der Waals surface area contributed by atoms with Crippen molar-refractivity contribution in [2.45, 2.75) is 57.0 Å². The van der Waals surface area contributed by atoms with Crippen LogP contribution in [0.5, 0.6) is 0 Å². The smallest absolute Gasteiger partial charge is 0.255 e. The summed E-state index contributed by atoms with van der Waals surface area (Å²) < 4.78 is 5.85. The van der Waals surface area contributed by atoms with Crippen molar-refractivity contribution < 1.29 is 19.1 Å². The predicted molar refractivity (Wildman–Crippen MR) is 109 cm³/mol. The van der Waals surface area contributed by atoms with Crippen molar-refractivity contribution in [3.63, 3.8) is 0 Å². The molecule has 160 valence electrons. The van der Waals surface area contributed by atoms with Gasteiger partial charge in [0.05, 0.1) is 6.10 Å². The van der Waals surface area contributed by atoms with Gasteiger partial charge in [0.15, 0.2) is 0 Å². The molecule has 0 radical (unpaired) electrons. The number of ether oxygens (including phenoxy) is 1. The van der Waals surface area contributed by atoms with E-state index in [2.05, 4.69) is 21.6 Å². The van der Waals surface area contributed by atoms with Crippen LogP contribution in [0.4, 0.5) is 0 Å². The molecule has 1 aromatic rings. The zero-order valence-electron chi connectivity index (χ0n) is 17.1. The molecule has 0 aromatic heterocycles. The molecule has 4 aliphatic heterocycles. The number of nitrogens with zero attached hydrogens (tertiary/aromatic N) is 2. The second-order valence-corrected chi connectivity index (χ2v) is 8.77. The van der Waals surface area contributed by atoms with Crippen molar-refractivity contribution in [3.05, 3.63) is 34.9 Å². The fourth-order valence-corrected chi connectivity index (χ4v) is 4.88. The topological polar surface area (TPSA) is 91.0 Å². The van der Waals surface area contributed by atoms with Crippen molar-refractivity contribution in [1.82, 2.24) is 20.4 Å². The summed E-state index contributed by atoms with van der Waals surface area (Å²) in [7, 11) is 0. The summed E-state index contributed by atoms with van der Waals surface area (Å²) >= 11 is 0. The summed E-state index contributed by atoms with van der Waals surface area (Å²) in [5.74, 6) is -0.752.